The highest BCUT2D eigenvalue weighted by atomic mass is 15.1. The average molecular weight is 280 g/mol. The third kappa shape index (κ3) is 3.94. The molecule has 2 heteroatoms. The van der Waals surface area contributed by atoms with Crippen LogP contribution in [0, 0.1) is 5.41 Å². The van der Waals surface area contributed by atoms with Crippen LogP contribution in [0.5, 0.6) is 0 Å². The summed E-state index contributed by atoms with van der Waals surface area (Å²) in [6, 6.07) is 18.6. The zero-order valence-corrected chi connectivity index (χ0v) is 13.4. The molecule has 21 heavy (non-hydrogen) atoms. The van der Waals surface area contributed by atoms with E-state index in [1.807, 2.05) is 42.3 Å². The van der Waals surface area contributed by atoms with Crippen LogP contribution < -0.4 is 0 Å². The van der Waals surface area contributed by atoms with E-state index >= 15 is 0 Å². The van der Waals surface area contributed by atoms with Gasteiger partial charge in [-0.3, -0.25) is 5.41 Å². The van der Waals surface area contributed by atoms with Crippen molar-refractivity contribution in [1.82, 2.24) is 4.90 Å². The monoisotopic (exact) mass is 280 g/mol. The van der Waals surface area contributed by atoms with Crippen molar-refractivity contribution in [1.29, 1.82) is 5.41 Å². The van der Waals surface area contributed by atoms with Crippen LogP contribution in [0.2, 0.25) is 0 Å². The molecule has 2 nitrogen and oxygen atoms in total. The second-order valence-electron chi connectivity index (χ2n) is 6.52. The largest absolute Gasteiger partial charge is 0.355 e. The van der Waals surface area contributed by atoms with Crippen molar-refractivity contribution in [3.05, 3.63) is 71.3 Å². The van der Waals surface area contributed by atoms with E-state index in [-0.39, 0.29) is 5.41 Å². The highest BCUT2D eigenvalue weighted by Crippen LogP contribution is 2.22. The predicted octanol–water partition coefficient (Wildman–Crippen LogP) is 4.44. The zero-order chi connectivity index (χ0) is 15.5. The Labute approximate surface area is 127 Å². The Morgan fingerprint density at radius 1 is 0.952 bits per heavy atom. The minimum Gasteiger partial charge on any atom is -0.355 e. The summed E-state index contributed by atoms with van der Waals surface area (Å²) in [6.07, 6.45) is 0. The number of benzene rings is 2. The quantitative estimate of drug-likeness (QED) is 0.653. The highest BCUT2D eigenvalue weighted by molar-refractivity contribution is 5.96. The van der Waals surface area contributed by atoms with Crippen LogP contribution in [-0.2, 0) is 12.0 Å². The van der Waals surface area contributed by atoms with E-state index < -0.39 is 0 Å². The van der Waals surface area contributed by atoms with E-state index in [1.165, 1.54) is 11.1 Å². The Balaban J connectivity index is 2.09. The summed E-state index contributed by atoms with van der Waals surface area (Å²) in [5.41, 5.74) is 3.62. The molecule has 2 aromatic carbocycles. The van der Waals surface area contributed by atoms with Gasteiger partial charge in [0, 0.05) is 19.2 Å². The SMILES string of the molecule is CN(Cc1ccccc1)C(=N)c1ccc(C(C)(C)C)cc1. The first kappa shape index (κ1) is 15.3. The first-order valence-electron chi connectivity index (χ1n) is 7.32. The Morgan fingerprint density at radius 3 is 2.05 bits per heavy atom. The summed E-state index contributed by atoms with van der Waals surface area (Å²) in [7, 11) is 1.97. The molecule has 0 saturated carbocycles. The third-order valence-electron chi connectivity index (χ3n) is 3.67. The molecule has 0 bridgehead atoms. The van der Waals surface area contributed by atoms with E-state index in [0.29, 0.717) is 5.84 Å². The van der Waals surface area contributed by atoms with E-state index in [4.69, 9.17) is 5.41 Å². The number of hydrogen-bond acceptors (Lipinski definition) is 1. The first-order chi connectivity index (χ1) is 9.88. The minimum absolute atomic E-state index is 0.149. The Kier molecular flexibility index (Phi) is 4.46. The van der Waals surface area contributed by atoms with Gasteiger partial charge in [0.15, 0.2) is 0 Å². The van der Waals surface area contributed by atoms with Crippen LogP contribution in [0.3, 0.4) is 0 Å². The van der Waals surface area contributed by atoms with Crippen molar-refractivity contribution in [2.45, 2.75) is 32.7 Å². The van der Waals surface area contributed by atoms with Crippen LogP contribution in [0.4, 0.5) is 0 Å². The van der Waals surface area contributed by atoms with Gasteiger partial charge in [-0.25, -0.2) is 0 Å². The summed E-state index contributed by atoms with van der Waals surface area (Å²) >= 11 is 0. The van der Waals surface area contributed by atoms with Crippen molar-refractivity contribution >= 4 is 5.84 Å². The highest BCUT2D eigenvalue weighted by Gasteiger charge is 2.14. The molecule has 0 aliphatic carbocycles. The molecule has 0 radical (unpaired) electrons. The lowest BCUT2D eigenvalue weighted by molar-refractivity contribution is 0.498. The van der Waals surface area contributed by atoms with Gasteiger partial charge in [0.05, 0.1) is 0 Å². The third-order valence-corrected chi connectivity index (χ3v) is 3.67. The standard InChI is InChI=1S/C19H24N2/c1-19(2,3)17-12-10-16(11-13-17)18(20)21(4)14-15-8-6-5-7-9-15/h5-13,20H,14H2,1-4H3. The summed E-state index contributed by atoms with van der Waals surface area (Å²) in [4.78, 5) is 1.97. The van der Waals surface area contributed by atoms with Gasteiger partial charge in [0.25, 0.3) is 0 Å². The molecule has 0 aromatic heterocycles. The normalized spacial score (nSPS) is 11.2. The number of amidine groups is 1. The molecule has 2 rings (SSSR count). The molecule has 0 aliphatic heterocycles. The van der Waals surface area contributed by atoms with Crippen molar-refractivity contribution < 1.29 is 0 Å². The van der Waals surface area contributed by atoms with E-state index in [0.717, 1.165) is 12.1 Å². The molecule has 0 atom stereocenters. The fourth-order valence-electron chi connectivity index (χ4n) is 2.28. The molecule has 0 heterocycles. The van der Waals surface area contributed by atoms with Gasteiger partial charge in [-0.1, -0.05) is 75.4 Å². The lowest BCUT2D eigenvalue weighted by Crippen LogP contribution is -2.26. The van der Waals surface area contributed by atoms with E-state index in [9.17, 15) is 0 Å². The Bertz CT molecular complexity index is 592. The number of nitrogens with one attached hydrogen (secondary N) is 1. The molecular weight excluding hydrogens is 256 g/mol. The second kappa shape index (κ2) is 6.13. The van der Waals surface area contributed by atoms with Gasteiger partial charge >= 0.3 is 0 Å². The van der Waals surface area contributed by atoms with Crippen molar-refractivity contribution in [2.24, 2.45) is 0 Å². The minimum atomic E-state index is 0.149. The molecule has 0 amide bonds. The molecule has 0 saturated heterocycles. The molecule has 0 spiro atoms. The molecule has 0 unspecified atom stereocenters. The van der Waals surface area contributed by atoms with Crippen molar-refractivity contribution in [3.63, 3.8) is 0 Å². The number of hydrogen-bond donors (Lipinski definition) is 1. The van der Waals surface area contributed by atoms with Crippen molar-refractivity contribution in [3.8, 4) is 0 Å². The fraction of sp³-hybridized carbons (Fsp3) is 0.316. The summed E-state index contributed by atoms with van der Waals surface area (Å²) < 4.78 is 0. The maximum Gasteiger partial charge on any atom is 0.128 e. The molecular formula is C19H24N2. The lowest BCUT2D eigenvalue weighted by Gasteiger charge is -2.22. The number of rotatable bonds is 3. The van der Waals surface area contributed by atoms with Crippen LogP contribution in [0.15, 0.2) is 54.6 Å². The summed E-state index contributed by atoms with van der Waals surface area (Å²) in [5, 5.41) is 8.34. The summed E-state index contributed by atoms with van der Waals surface area (Å²) in [5.74, 6) is 0.555. The molecule has 0 fully saturated rings. The van der Waals surface area contributed by atoms with E-state index in [2.05, 4.69) is 45.0 Å². The lowest BCUT2D eigenvalue weighted by atomic mass is 9.86. The molecule has 1 N–H and O–H groups in total. The van der Waals surface area contributed by atoms with Gasteiger partial charge in [-0.15, -0.1) is 0 Å². The Hall–Kier alpha value is -2.09. The molecule has 110 valence electrons. The van der Waals surface area contributed by atoms with Gasteiger partial charge in [-0.2, -0.15) is 0 Å². The maximum absolute atomic E-state index is 8.34. The molecule has 0 aliphatic rings. The summed E-state index contributed by atoms with van der Waals surface area (Å²) in [6.45, 7) is 7.36. The zero-order valence-electron chi connectivity index (χ0n) is 13.4. The first-order valence-corrected chi connectivity index (χ1v) is 7.32. The second-order valence-corrected chi connectivity index (χ2v) is 6.52. The van der Waals surface area contributed by atoms with E-state index in [1.54, 1.807) is 0 Å². The topological polar surface area (TPSA) is 27.1 Å². The van der Waals surface area contributed by atoms with Crippen LogP contribution in [0.1, 0.15) is 37.5 Å². The molecule has 2 aromatic rings. The number of nitrogens with zero attached hydrogens (tertiary/aromatic N) is 1. The van der Waals surface area contributed by atoms with Gasteiger partial charge in [0.2, 0.25) is 0 Å². The smallest absolute Gasteiger partial charge is 0.128 e. The van der Waals surface area contributed by atoms with Gasteiger partial charge in [0.1, 0.15) is 5.84 Å². The predicted molar refractivity (Wildman–Crippen MR) is 89.9 cm³/mol. The van der Waals surface area contributed by atoms with Gasteiger partial charge < -0.3 is 4.90 Å². The average Bonchev–Trinajstić information content (AvgIpc) is 2.46. The van der Waals surface area contributed by atoms with Gasteiger partial charge in [-0.05, 0) is 16.5 Å². The Morgan fingerprint density at radius 2 is 1.52 bits per heavy atom. The fourth-order valence-corrected chi connectivity index (χ4v) is 2.28. The van der Waals surface area contributed by atoms with Crippen LogP contribution >= 0.6 is 0 Å². The van der Waals surface area contributed by atoms with Crippen molar-refractivity contribution in [2.75, 3.05) is 7.05 Å². The van der Waals surface area contributed by atoms with Crippen LogP contribution in [0.25, 0.3) is 0 Å². The van der Waals surface area contributed by atoms with Crippen LogP contribution in [-0.4, -0.2) is 17.8 Å². The maximum atomic E-state index is 8.34.